The molecule has 2 heterocycles. The first-order chi connectivity index (χ1) is 12.5. The number of hydrogen-bond acceptors (Lipinski definition) is 5. The molecule has 0 amide bonds. The Morgan fingerprint density at radius 1 is 1.12 bits per heavy atom. The summed E-state index contributed by atoms with van der Waals surface area (Å²) < 4.78 is 27.8. The maximum absolute atomic E-state index is 12.9. The molecule has 0 bridgehead atoms. The summed E-state index contributed by atoms with van der Waals surface area (Å²) >= 11 is 0. The largest absolute Gasteiger partial charge is 0.318 e. The van der Waals surface area contributed by atoms with E-state index in [1.807, 2.05) is 4.57 Å². The van der Waals surface area contributed by atoms with Crippen LogP contribution in [0.1, 0.15) is 51.6 Å². The van der Waals surface area contributed by atoms with Crippen molar-refractivity contribution in [1.82, 2.24) is 19.4 Å². The van der Waals surface area contributed by atoms with E-state index in [4.69, 9.17) is 0 Å². The normalized spacial score (nSPS) is 20.4. The minimum Gasteiger partial charge on any atom is -0.318 e. The zero-order chi connectivity index (χ0) is 18.6. The van der Waals surface area contributed by atoms with Gasteiger partial charge < -0.3 is 9.47 Å². The van der Waals surface area contributed by atoms with Gasteiger partial charge in [0.25, 0.3) is 0 Å². The summed E-state index contributed by atoms with van der Waals surface area (Å²) in [7, 11) is -3.29. The Morgan fingerprint density at radius 2 is 1.81 bits per heavy atom. The van der Waals surface area contributed by atoms with E-state index in [0.717, 1.165) is 77.2 Å². The molecule has 1 saturated carbocycles. The van der Waals surface area contributed by atoms with Crippen molar-refractivity contribution in [2.45, 2.75) is 64.2 Å². The highest BCUT2D eigenvalue weighted by Gasteiger charge is 2.30. The fourth-order valence-electron chi connectivity index (χ4n) is 3.86. The smallest absolute Gasteiger partial charge is 0.227 e. The number of hydrogen-bond donors (Lipinski definition) is 0. The van der Waals surface area contributed by atoms with Gasteiger partial charge in [0.15, 0.2) is 0 Å². The van der Waals surface area contributed by atoms with Crippen molar-refractivity contribution in [2.24, 2.45) is 5.92 Å². The molecular formula is C19H34N4O2S. The second kappa shape index (κ2) is 8.85. The lowest BCUT2D eigenvalue weighted by Gasteiger charge is -2.34. The second-order valence-corrected chi connectivity index (χ2v) is 9.75. The molecule has 0 N–H and O–H groups in total. The van der Waals surface area contributed by atoms with E-state index < -0.39 is 9.84 Å². The van der Waals surface area contributed by atoms with Crippen LogP contribution < -0.4 is 0 Å². The van der Waals surface area contributed by atoms with Crippen molar-refractivity contribution in [1.29, 1.82) is 0 Å². The van der Waals surface area contributed by atoms with E-state index in [1.54, 1.807) is 6.20 Å². The minimum absolute atomic E-state index is 0.269. The standard InChI is InChI=1S/C19H34N4O2S/c1-3-5-9-23-18(15-22-12-10-21(4-2)11-13-22)14-20-19(23)26(24,25)16-17-7-6-8-17/h14,17H,3-13,15-16H2,1-2H3. The summed E-state index contributed by atoms with van der Waals surface area (Å²) in [5, 5.41) is 0.306. The van der Waals surface area contributed by atoms with Crippen LogP contribution in [0.5, 0.6) is 0 Å². The van der Waals surface area contributed by atoms with Gasteiger partial charge in [-0.25, -0.2) is 13.4 Å². The van der Waals surface area contributed by atoms with E-state index in [9.17, 15) is 8.42 Å². The molecule has 1 aromatic rings. The van der Waals surface area contributed by atoms with Gasteiger partial charge in [-0.15, -0.1) is 0 Å². The number of likely N-dealkylation sites (N-methyl/N-ethyl adjacent to an activating group) is 1. The third kappa shape index (κ3) is 4.67. The fraction of sp³-hybridized carbons (Fsp3) is 0.842. The zero-order valence-electron chi connectivity index (χ0n) is 16.4. The van der Waals surface area contributed by atoms with Crippen LogP contribution in [0.2, 0.25) is 0 Å². The van der Waals surface area contributed by atoms with E-state index in [0.29, 0.717) is 11.1 Å². The highest BCUT2D eigenvalue weighted by molar-refractivity contribution is 7.91. The van der Waals surface area contributed by atoms with Crippen molar-refractivity contribution in [2.75, 3.05) is 38.5 Å². The molecular weight excluding hydrogens is 348 g/mol. The maximum Gasteiger partial charge on any atom is 0.227 e. The van der Waals surface area contributed by atoms with Gasteiger partial charge in [-0.2, -0.15) is 0 Å². The van der Waals surface area contributed by atoms with E-state index in [2.05, 4.69) is 28.6 Å². The summed E-state index contributed by atoms with van der Waals surface area (Å²) in [5.41, 5.74) is 1.05. The molecule has 0 spiro atoms. The Kier molecular flexibility index (Phi) is 6.75. The number of nitrogens with zero attached hydrogens (tertiary/aromatic N) is 4. The molecule has 0 atom stereocenters. The van der Waals surface area contributed by atoms with Gasteiger partial charge in [0.1, 0.15) is 0 Å². The lowest BCUT2D eigenvalue weighted by atomic mass is 9.87. The van der Waals surface area contributed by atoms with Crippen LogP contribution in [0.3, 0.4) is 0 Å². The third-order valence-corrected chi connectivity index (χ3v) is 7.69. The fourth-order valence-corrected chi connectivity index (χ4v) is 5.72. The second-order valence-electron chi connectivity index (χ2n) is 7.83. The molecule has 7 heteroatoms. The molecule has 6 nitrogen and oxygen atoms in total. The number of rotatable bonds is 9. The Morgan fingerprint density at radius 3 is 2.38 bits per heavy atom. The molecule has 3 rings (SSSR count). The predicted octanol–water partition coefficient (Wildman–Crippen LogP) is 2.39. The molecule has 1 aliphatic carbocycles. The summed E-state index contributed by atoms with van der Waals surface area (Å²) in [6.07, 6.45) is 7.09. The molecule has 0 radical (unpaired) electrons. The minimum atomic E-state index is -3.29. The number of imidazole rings is 1. The van der Waals surface area contributed by atoms with Crippen molar-refractivity contribution < 1.29 is 8.42 Å². The molecule has 1 aliphatic heterocycles. The summed E-state index contributed by atoms with van der Waals surface area (Å²) in [4.78, 5) is 9.27. The summed E-state index contributed by atoms with van der Waals surface area (Å²) in [5.74, 6) is 0.604. The highest BCUT2D eigenvalue weighted by Crippen LogP contribution is 2.30. The lowest BCUT2D eigenvalue weighted by Crippen LogP contribution is -2.45. The Bertz CT molecular complexity index is 674. The van der Waals surface area contributed by atoms with Crippen molar-refractivity contribution in [3.8, 4) is 0 Å². The molecule has 0 aromatic carbocycles. The molecule has 1 aromatic heterocycles. The Labute approximate surface area is 158 Å². The average Bonchev–Trinajstić information content (AvgIpc) is 3.00. The van der Waals surface area contributed by atoms with Crippen LogP contribution in [0.25, 0.3) is 0 Å². The first-order valence-corrected chi connectivity index (χ1v) is 11.9. The maximum atomic E-state index is 12.9. The van der Waals surface area contributed by atoms with E-state index in [1.165, 1.54) is 6.42 Å². The number of sulfone groups is 1. The van der Waals surface area contributed by atoms with E-state index in [-0.39, 0.29) is 5.75 Å². The molecule has 1 saturated heterocycles. The quantitative estimate of drug-likeness (QED) is 0.656. The van der Waals surface area contributed by atoms with Gasteiger partial charge in [0, 0.05) is 39.3 Å². The molecule has 148 valence electrons. The molecule has 26 heavy (non-hydrogen) atoms. The molecule has 0 unspecified atom stereocenters. The Hall–Kier alpha value is -0.920. The highest BCUT2D eigenvalue weighted by atomic mass is 32.2. The van der Waals surface area contributed by atoms with Crippen LogP contribution in [-0.2, 0) is 22.9 Å². The van der Waals surface area contributed by atoms with Gasteiger partial charge in [0.2, 0.25) is 15.0 Å². The van der Waals surface area contributed by atoms with Crippen LogP contribution in [0.15, 0.2) is 11.4 Å². The first kappa shape index (κ1) is 19.8. The van der Waals surface area contributed by atoms with Gasteiger partial charge in [0.05, 0.1) is 17.6 Å². The monoisotopic (exact) mass is 382 g/mol. The number of piperazine rings is 1. The van der Waals surface area contributed by atoms with Crippen LogP contribution in [-0.4, -0.2) is 66.2 Å². The van der Waals surface area contributed by atoms with Crippen molar-refractivity contribution in [3.63, 3.8) is 0 Å². The predicted molar refractivity (Wildman–Crippen MR) is 104 cm³/mol. The molecule has 2 aliphatic rings. The zero-order valence-corrected chi connectivity index (χ0v) is 17.2. The summed E-state index contributed by atoms with van der Waals surface area (Å²) in [6, 6.07) is 0. The first-order valence-electron chi connectivity index (χ1n) is 10.2. The van der Waals surface area contributed by atoms with Crippen LogP contribution >= 0.6 is 0 Å². The number of unbranched alkanes of at least 4 members (excludes halogenated alkanes) is 1. The molecule has 2 fully saturated rings. The van der Waals surface area contributed by atoms with E-state index >= 15 is 0 Å². The van der Waals surface area contributed by atoms with Gasteiger partial charge in [-0.3, -0.25) is 4.90 Å². The van der Waals surface area contributed by atoms with Gasteiger partial charge >= 0.3 is 0 Å². The average molecular weight is 383 g/mol. The Balaban J connectivity index is 1.74. The van der Waals surface area contributed by atoms with Crippen molar-refractivity contribution in [3.05, 3.63) is 11.9 Å². The van der Waals surface area contributed by atoms with Crippen molar-refractivity contribution >= 4 is 9.84 Å². The lowest BCUT2D eigenvalue weighted by molar-refractivity contribution is 0.129. The van der Waals surface area contributed by atoms with Crippen LogP contribution in [0.4, 0.5) is 0 Å². The summed E-state index contributed by atoms with van der Waals surface area (Å²) in [6.45, 7) is 11.3. The SMILES string of the molecule is CCCCn1c(CN2CCN(CC)CC2)cnc1S(=O)(=O)CC1CCC1. The third-order valence-electron chi connectivity index (χ3n) is 5.89. The number of aromatic nitrogens is 2. The topological polar surface area (TPSA) is 58.4 Å². The van der Waals surface area contributed by atoms with Crippen LogP contribution in [0, 0.1) is 5.92 Å². The van der Waals surface area contributed by atoms with Gasteiger partial charge in [-0.05, 0) is 31.7 Å². The van der Waals surface area contributed by atoms with Gasteiger partial charge in [-0.1, -0.05) is 26.7 Å².